The van der Waals surface area contributed by atoms with E-state index in [1.54, 1.807) is 0 Å². The van der Waals surface area contributed by atoms with Crippen LogP contribution in [0, 0.1) is 28.6 Å². The molecule has 2 aliphatic carbocycles. The number of carbonyl (C=O) groups excluding carboxylic acids is 1. The number of hydrogen-bond donors (Lipinski definition) is 1. The Morgan fingerprint density at radius 2 is 2.04 bits per heavy atom. The highest BCUT2D eigenvalue weighted by Crippen LogP contribution is 2.62. The molecule has 0 aromatic carbocycles. The molecule has 0 amide bonds. The maximum Gasteiger partial charge on any atom is 0.309 e. The Bertz CT molecular complexity index is 540. The summed E-state index contributed by atoms with van der Waals surface area (Å²) in [5.74, 6) is 0.0329. The standard InChI is InChI=1S/C21H34O4/c1-14(13-18(22)25-5)7-9-16-15(2)8-10-17-20(16,3)11-6-12-21(17,4)19(23)24/h14,16-17H,2,6-13H2,1,3-5H3,(H,23,24). The first-order valence-corrected chi connectivity index (χ1v) is 9.63. The van der Waals surface area contributed by atoms with Crippen molar-refractivity contribution in [3.05, 3.63) is 12.2 Å². The number of carboxylic acid groups (broad SMARTS) is 1. The molecular weight excluding hydrogens is 316 g/mol. The molecule has 0 spiro atoms. The van der Waals surface area contributed by atoms with Crippen molar-refractivity contribution in [2.45, 2.75) is 72.1 Å². The van der Waals surface area contributed by atoms with Crippen molar-refractivity contribution in [2.75, 3.05) is 7.11 Å². The first kappa shape index (κ1) is 20.0. The molecule has 0 aromatic rings. The topological polar surface area (TPSA) is 63.6 Å². The third kappa shape index (κ3) is 3.78. The number of aliphatic carboxylic acids is 1. The number of methoxy groups -OCH3 is 1. The van der Waals surface area contributed by atoms with Gasteiger partial charge in [0.15, 0.2) is 0 Å². The number of esters is 1. The number of carbonyl (C=O) groups is 2. The number of fused-ring (bicyclic) bond motifs is 1. The summed E-state index contributed by atoms with van der Waals surface area (Å²) >= 11 is 0. The molecule has 0 radical (unpaired) electrons. The minimum absolute atomic E-state index is 0.00566. The van der Waals surface area contributed by atoms with E-state index in [0.717, 1.165) is 44.9 Å². The van der Waals surface area contributed by atoms with Crippen molar-refractivity contribution in [3.8, 4) is 0 Å². The fourth-order valence-electron chi connectivity index (χ4n) is 5.66. The fourth-order valence-corrected chi connectivity index (χ4v) is 5.66. The molecule has 0 saturated heterocycles. The van der Waals surface area contributed by atoms with Gasteiger partial charge in [-0.1, -0.05) is 32.4 Å². The Morgan fingerprint density at radius 1 is 1.36 bits per heavy atom. The Morgan fingerprint density at radius 3 is 2.64 bits per heavy atom. The predicted molar refractivity (Wildman–Crippen MR) is 98.1 cm³/mol. The molecule has 4 nitrogen and oxygen atoms in total. The number of hydrogen-bond acceptors (Lipinski definition) is 3. The van der Waals surface area contributed by atoms with Crippen LogP contribution in [-0.4, -0.2) is 24.2 Å². The first-order valence-electron chi connectivity index (χ1n) is 9.63. The van der Waals surface area contributed by atoms with Crippen LogP contribution in [0.4, 0.5) is 0 Å². The number of carboxylic acids is 1. The predicted octanol–water partition coefficient (Wildman–Crippen LogP) is 4.83. The van der Waals surface area contributed by atoms with Crippen LogP contribution >= 0.6 is 0 Å². The van der Waals surface area contributed by atoms with Gasteiger partial charge >= 0.3 is 11.9 Å². The zero-order valence-electron chi connectivity index (χ0n) is 16.3. The molecule has 5 atom stereocenters. The van der Waals surface area contributed by atoms with Crippen LogP contribution in [0.15, 0.2) is 12.2 Å². The van der Waals surface area contributed by atoms with Crippen molar-refractivity contribution >= 4 is 11.9 Å². The normalized spacial score (nSPS) is 36.4. The van der Waals surface area contributed by atoms with Gasteiger partial charge < -0.3 is 9.84 Å². The zero-order valence-corrected chi connectivity index (χ0v) is 16.3. The van der Waals surface area contributed by atoms with Gasteiger partial charge in [0.25, 0.3) is 0 Å². The molecule has 5 unspecified atom stereocenters. The van der Waals surface area contributed by atoms with Crippen molar-refractivity contribution in [1.82, 2.24) is 0 Å². The summed E-state index contributed by atoms with van der Waals surface area (Å²) in [5, 5.41) is 9.87. The lowest BCUT2D eigenvalue weighted by Crippen LogP contribution is -2.53. The molecule has 0 bridgehead atoms. The number of allylic oxidation sites excluding steroid dienone is 1. The number of ether oxygens (including phenoxy) is 1. The number of rotatable bonds is 6. The fraction of sp³-hybridized carbons (Fsp3) is 0.810. The molecule has 2 saturated carbocycles. The maximum absolute atomic E-state index is 12.0. The highest BCUT2D eigenvalue weighted by atomic mass is 16.5. The molecule has 4 heteroatoms. The lowest BCUT2D eigenvalue weighted by Gasteiger charge is -2.57. The summed E-state index contributed by atoms with van der Waals surface area (Å²) in [6, 6.07) is 0. The first-order chi connectivity index (χ1) is 11.6. The van der Waals surface area contributed by atoms with E-state index < -0.39 is 11.4 Å². The van der Waals surface area contributed by atoms with E-state index in [1.807, 2.05) is 6.92 Å². The van der Waals surface area contributed by atoms with Gasteiger partial charge in [0.2, 0.25) is 0 Å². The third-order valence-electron chi connectivity index (χ3n) is 7.20. The van der Waals surface area contributed by atoms with E-state index in [1.165, 1.54) is 12.7 Å². The summed E-state index contributed by atoms with van der Waals surface area (Å²) < 4.78 is 4.77. The molecule has 2 rings (SSSR count). The van der Waals surface area contributed by atoms with E-state index in [9.17, 15) is 14.7 Å². The van der Waals surface area contributed by atoms with E-state index in [2.05, 4.69) is 20.4 Å². The van der Waals surface area contributed by atoms with Crippen LogP contribution in [0.25, 0.3) is 0 Å². The Hall–Kier alpha value is -1.32. The van der Waals surface area contributed by atoms with E-state index >= 15 is 0 Å². The molecule has 0 aromatic heterocycles. The van der Waals surface area contributed by atoms with Crippen LogP contribution in [0.1, 0.15) is 72.1 Å². The van der Waals surface area contributed by atoms with Crippen LogP contribution in [-0.2, 0) is 14.3 Å². The molecule has 2 fully saturated rings. The molecule has 2 aliphatic rings. The van der Waals surface area contributed by atoms with Crippen LogP contribution in [0.5, 0.6) is 0 Å². The van der Waals surface area contributed by atoms with Crippen molar-refractivity contribution in [1.29, 1.82) is 0 Å². The van der Waals surface area contributed by atoms with E-state index in [-0.39, 0.29) is 23.2 Å². The smallest absolute Gasteiger partial charge is 0.309 e. The third-order valence-corrected chi connectivity index (χ3v) is 7.20. The van der Waals surface area contributed by atoms with Gasteiger partial charge in [0, 0.05) is 6.42 Å². The van der Waals surface area contributed by atoms with Gasteiger partial charge in [-0.25, -0.2) is 0 Å². The van der Waals surface area contributed by atoms with Crippen molar-refractivity contribution in [2.24, 2.45) is 28.6 Å². The maximum atomic E-state index is 12.0. The minimum atomic E-state index is -0.645. The van der Waals surface area contributed by atoms with Gasteiger partial charge in [-0.05, 0) is 68.6 Å². The quantitative estimate of drug-likeness (QED) is 0.550. The largest absolute Gasteiger partial charge is 0.481 e. The lowest BCUT2D eigenvalue weighted by molar-refractivity contribution is -0.164. The Balaban J connectivity index is 2.15. The molecule has 1 N–H and O–H groups in total. The van der Waals surface area contributed by atoms with E-state index in [0.29, 0.717) is 12.3 Å². The average Bonchev–Trinajstić information content (AvgIpc) is 2.53. The lowest BCUT2D eigenvalue weighted by atomic mass is 9.46. The summed E-state index contributed by atoms with van der Waals surface area (Å²) in [7, 11) is 1.43. The van der Waals surface area contributed by atoms with Crippen LogP contribution in [0.3, 0.4) is 0 Å². The van der Waals surface area contributed by atoms with E-state index in [4.69, 9.17) is 4.74 Å². The second-order valence-electron chi connectivity index (χ2n) is 8.85. The summed E-state index contributed by atoms with van der Waals surface area (Å²) in [6.45, 7) is 10.7. The monoisotopic (exact) mass is 350 g/mol. The second-order valence-corrected chi connectivity index (χ2v) is 8.85. The average molecular weight is 350 g/mol. The Labute approximate surface area is 152 Å². The van der Waals surface area contributed by atoms with Gasteiger partial charge in [0.1, 0.15) is 0 Å². The summed E-state index contributed by atoms with van der Waals surface area (Å²) in [6.07, 6.45) is 7.08. The zero-order chi connectivity index (χ0) is 18.8. The van der Waals surface area contributed by atoms with Crippen molar-refractivity contribution < 1.29 is 19.4 Å². The molecule has 142 valence electrons. The van der Waals surface area contributed by atoms with Crippen LogP contribution < -0.4 is 0 Å². The highest BCUT2D eigenvalue weighted by Gasteiger charge is 2.57. The van der Waals surface area contributed by atoms with Gasteiger partial charge in [0.05, 0.1) is 12.5 Å². The minimum Gasteiger partial charge on any atom is -0.481 e. The Kier molecular flexibility index (Phi) is 6.01. The van der Waals surface area contributed by atoms with Crippen molar-refractivity contribution in [3.63, 3.8) is 0 Å². The molecule has 25 heavy (non-hydrogen) atoms. The van der Waals surface area contributed by atoms with Gasteiger partial charge in [-0.15, -0.1) is 0 Å². The van der Waals surface area contributed by atoms with Gasteiger partial charge in [-0.3, -0.25) is 9.59 Å². The second kappa shape index (κ2) is 7.51. The molecule has 0 aliphatic heterocycles. The SMILES string of the molecule is C=C1CCC2C(C)(C(=O)O)CCCC2(C)C1CCC(C)CC(=O)OC. The van der Waals surface area contributed by atoms with Gasteiger partial charge in [-0.2, -0.15) is 0 Å². The van der Waals surface area contributed by atoms with Crippen LogP contribution in [0.2, 0.25) is 0 Å². The highest BCUT2D eigenvalue weighted by molar-refractivity contribution is 5.75. The summed E-state index contributed by atoms with van der Waals surface area (Å²) in [5.41, 5.74) is 0.661. The molecular formula is C21H34O4. The molecule has 0 heterocycles. The summed E-state index contributed by atoms with van der Waals surface area (Å²) in [4.78, 5) is 23.5.